The highest BCUT2D eigenvalue weighted by Crippen LogP contribution is 2.13. The van der Waals surface area contributed by atoms with Crippen LogP contribution in [0.3, 0.4) is 0 Å². The molecule has 0 aliphatic heterocycles. The Morgan fingerprint density at radius 2 is 1.90 bits per heavy atom. The first kappa shape index (κ1) is 15.0. The number of hydrogen-bond acceptors (Lipinski definition) is 3. The van der Waals surface area contributed by atoms with E-state index in [1.54, 1.807) is 38.7 Å². The Kier molecular flexibility index (Phi) is 3.97. The Labute approximate surface area is 123 Å². The van der Waals surface area contributed by atoms with E-state index in [4.69, 9.17) is 0 Å². The van der Waals surface area contributed by atoms with Crippen molar-refractivity contribution in [2.45, 2.75) is 33.7 Å². The number of fused-ring (bicyclic) bond motifs is 1. The summed E-state index contributed by atoms with van der Waals surface area (Å²) in [4.78, 5) is 28.2. The molecule has 2 aromatic rings. The van der Waals surface area contributed by atoms with E-state index in [0.29, 0.717) is 0 Å². The molecule has 0 fully saturated rings. The number of carbonyl (C=O) groups excluding carboxylic acids is 2. The summed E-state index contributed by atoms with van der Waals surface area (Å²) in [5, 5.41) is 2.70. The van der Waals surface area contributed by atoms with Gasteiger partial charge in [-0.3, -0.25) is 15.0 Å². The van der Waals surface area contributed by atoms with Crippen LogP contribution in [0.2, 0.25) is 0 Å². The summed E-state index contributed by atoms with van der Waals surface area (Å²) < 4.78 is 1.55. The SMILES string of the molecule is CC(NC(=O)C(C)(C)C)C(=O)Nn1cnc2ccccc21. The summed E-state index contributed by atoms with van der Waals surface area (Å²) in [6.07, 6.45) is 1.54. The van der Waals surface area contributed by atoms with E-state index in [1.165, 1.54) is 0 Å². The van der Waals surface area contributed by atoms with Gasteiger partial charge in [0.25, 0.3) is 5.91 Å². The van der Waals surface area contributed by atoms with Gasteiger partial charge in [0, 0.05) is 5.41 Å². The number of carbonyl (C=O) groups is 2. The van der Waals surface area contributed by atoms with E-state index in [9.17, 15) is 9.59 Å². The summed E-state index contributed by atoms with van der Waals surface area (Å²) in [6.45, 7) is 7.06. The fourth-order valence-corrected chi connectivity index (χ4v) is 1.74. The van der Waals surface area contributed by atoms with Crippen molar-refractivity contribution < 1.29 is 9.59 Å². The smallest absolute Gasteiger partial charge is 0.261 e. The van der Waals surface area contributed by atoms with Crippen molar-refractivity contribution in [3.8, 4) is 0 Å². The third-order valence-corrected chi connectivity index (χ3v) is 3.11. The highest BCUT2D eigenvalue weighted by molar-refractivity contribution is 5.94. The van der Waals surface area contributed by atoms with E-state index in [2.05, 4.69) is 15.7 Å². The van der Waals surface area contributed by atoms with Crippen molar-refractivity contribution >= 4 is 22.8 Å². The van der Waals surface area contributed by atoms with Crippen LogP contribution in [0.4, 0.5) is 0 Å². The van der Waals surface area contributed by atoms with Gasteiger partial charge in [-0.25, -0.2) is 9.66 Å². The minimum atomic E-state index is -0.627. The van der Waals surface area contributed by atoms with Gasteiger partial charge in [0.1, 0.15) is 12.4 Å². The van der Waals surface area contributed by atoms with Crippen molar-refractivity contribution in [2.24, 2.45) is 5.41 Å². The zero-order valence-electron chi connectivity index (χ0n) is 12.7. The van der Waals surface area contributed by atoms with Crippen LogP contribution in [0.1, 0.15) is 27.7 Å². The number of aromatic nitrogens is 2. The van der Waals surface area contributed by atoms with E-state index < -0.39 is 11.5 Å². The van der Waals surface area contributed by atoms with Crippen LogP contribution in [0, 0.1) is 5.41 Å². The maximum absolute atomic E-state index is 12.1. The van der Waals surface area contributed by atoms with E-state index in [-0.39, 0.29) is 11.8 Å². The van der Waals surface area contributed by atoms with Gasteiger partial charge in [-0.2, -0.15) is 0 Å². The number of imidazole rings is 1. The molecule has 2 rings (SSSR count). The number of para-hydroxylation sites is 2. The van der Waals surface area contributed by atoms with E-state index in [1.807, 2.05) is 24.3 Å². The van der Waals surface area contributed by atoms with Gasteiger partial charge in [0.05, 0.1) is 11.0 Å². The summed E-state index contributed by atoms with van der Waals surface area (Å²) >= 11 is 0. The molecule has 1 aromatic carbocycles. The molecule has 1 aromatic heterocycles. The number of nitrogens with zero attached hydrogens (tertiary/aromatic N) is 2. The lowest BCUT2D eigenvalue weighted by molar-refractivity contribution is -0.132. The fourth-order valence-electron chi connectivity index (χ4n) is 1.74. The topological polar surface area (TPSA) is 76.0 Å². The molecule has 0 aliphatic carbocycles. The molecule has 0 spiro atoms. The lowest BCUT2D eigenvalue weighted by Crippen LogP contribution is -2.47. The number of nitrogens with one attached hydrogen (secondary N) is 2. The largest absolute Gasteiger partial charge is 0.344 e. The Hall–Kier alpha value is -2.37. The normalized spacial score (nSPS) is 13.0. The summed E-state index contributed by atoms with van der Waals surface area (Å²) in [5.74, 6) is -0.462. The minimum Gasteiger partial charge on any atom is -0.344 e. The average Bonchev–Trinajstić information content (AvgIpc) is 2.81. The molecule has 2 amide bonds. The molecule has 1 heterocycles. The molecule has 2 N–H and O–H groups in total. The molecule has 6 nitrogen and oxygen atoms in total. The lowest BCUT2D eigenvalue weighted by atomic mass is 9.95. The molecule has 6 heteroatoms. The van der Waals surface area contributed by atoms with Crippen molar-refractivity contribution in [1.82, 2.24) is 15.0 Å². The molecular weight excluding hydrogens is 268 g/mol. The van der Waals surface area contributed by atoms with Crippen LogP contribution in [-0.4, -0.2) is 27.5 Å². The molecule has 0 saturated heterocycles. The van der Waals surface area contributed by atoms with Gasteiger partial charge >= 0.3 is 0 Å². The second-order valence-electron chi connectivity index (χ2n) is 6.02. The van der Waals surface area contributed by atoms with Crippen molar-refractivity contribution in [3.63, 3.8) is 0 Å². The zero-order valence-corrected chi connectivity index (χ0v) is 12.7. The monoisotopic (exact) mass is 288 g/mol. The van der Waals surface area contributed by atoms with E-state index >= 15 is 0 Å². The molecule has 0 bridgehead atoms. The Bertz CT molecular complexity index is 670. The maximum Gasteiger partial charge on any atom is 0.261 e. The second kappa shape index (κ2) is 5.55. The summed E-state index contributed by atoms with van der Waals surface area (Å²) in [7, 11) is 0. The quantitative estimate of drug-likeness (QED) is 0.901. The van der Waals surface area contributed by atoms with Crippen LogP contribution >= 0.6 is 0 Å². The molecule has 1 atom stereocenters. The van der Waals surface area contributed by atoms with Gasteiger partial charge in [0.15, 0.2) is 0 Å². The van der Waals surface area contributed by atoms with E-state index in [0.717, 1.165) is 11.0 Å². The van der Waals surface area contributed by atoms with Crippen molar-refractivity contribution in [1.29, 1.82) is 0 Å². The van der Waals surface area contributed by atoms with Gasteiger partial charge in [-0.15, -0.1) is 0 Å². The summed E-state index contributed by atoms with van der Waals surface area (Å²) in [6, 6.07) is 6.85. The predicted molar refractivity (Wildman–Crippen MR) is 81.2 cm³/mol. The molecule has 1 unspecified atom stereocenters. The highest BCUT2D eigenvalue weighted by Gasteiger charge is 2.25. The van der Waals surface area contributed by atoms with Crippen LogP contribution < -0.4 is 10.7 Å². The molecule has 0 aliphatic rings. The number of rotatable bonds is 3. The maximum atomic E-state index is 12.1. The van der Waals surface area contributed by atoms with Crippen LogP contribution in [0.15, 0.2) is 30.6 Å². The van der Waals surface area contributed by atoms with Gasteiger partial charge in [0.2, 0.25) is 5.91 Å². The Balaban J connectivity index is 2.06. The lowest BCUT2D eigenvalue weighted by Gasteiger charge is -2.21. The predicted octanol–water partition coefficient (Wildman–Crippen LogP) is 1.66. The molecule has 21 heavy (non-hydrogen) atoms. The molecule has 0 radical (unpaired) electrons. The third kappa shape index (κ3) is 3.39. The fraction of sp³-hybridized carbons (Fsp3) is 0.400. The van der Waals surface area contributed by atoms with Crippen LogP contribution in [0.25, 0.3) is 11.0 Å². The third-order valence-electron chi connectivity index (χ3n) is 3.11. The second-order valence-corrected chi connectivity index (χ2v) is 6.02. The molecular formula is C15H20N4O2. The van der Waals surface area contributed by atoms with Gasteiger partial charge in [-0.1, -0.05) is 32.9 Å². The summed E-state index contributed by atoms with van der Waals surface area (Å²) in [5.41, 5.74) is 3.79. The number of amides is 2. The van der Waals surface area contributed by atoms with Crippen molar-refractivity contribution in [3.05, 3.63) is 30.6 Å². The highest BCUT2D eigenvalue weighted by atomic mass is 16.2. The first-order valence-corrected chi connectivity index (χ1v) is 6.83. The van der Waals surface area contributed by atoms with Crippen LogP contribution in [-0.2, 0) is 9.59 Å². The van der Waals surface area contributed by atoms with Crippen LogP contribution in [0.5, 0.6) is 0 Å². The average molecular weight is 288 g/mol. The Morgan fingerprint density at radius 1 is 1.24 bits per heavy atom. The molecule has 112 valence electrons. The zero-order chi connectivity index (χ0) is 15.6. The first-order chi connectivity index (χ1) is 9.79. The number of hydrogen-bond donors (Lipinski definition) is 2. The van der Waals surface area contributed by atoms with Gasteiger partial charge < -0.3 is 5.32 Å². The van der Waals surface area contributed by atoms with Gasteiger partial charge in [-0.05, 0) is 19.1 Å². The first-order valence-electron chi connectivity index (χ1n) is 6.83. The number of benzene rings is 1. The molecule has 0 saturated carbocycles. The minimum absolute atomic E-state index is 0.166. The Morgan fingerprint density at radius 3 is 2.57 bits per heavy atom. The standard InChI is InChI=1S/C15H20N4O2/c1-10(17-14(21)15(2,3)4)13(20)18-19-9-16-11-7-5-6-8-12(11)19/h5-10H,1-4H3,(H,17,21)(H,18,20). The van der Waals surface area contributed by atoms with Crippen molar-refractivity contribution in [2.75, 3.05) is 5.43 Å².